The van der Waals surface area contributed by atoms with Crippen LogP contribution in [-0.2, 0) is 9.53 Å². The van der Waals surface area contributed by atoms with Gasteiger partial charge in [-0.25, -0.2) is 4.79 Å². The minimum absolute atomic E-state index is 0.545. The maximum absolute atomic E-state index is 11.0. The number of esters is 1. The molecule has 20 heavy (non-hydrogen) atoms. The molecule has 1 saturated heterocycles. The molecule has 0 bridgehead atoms. The lowest BCUT2D eigenvalue weighted by Gasteiger charge is -2.12. The Morgan fingerprint density at radius 2 is 1.65 bits per heavy atom. The summed E-state index contributed by atoms with van der Waals surface area (Å²) in [7, 11) is 0. The predicted octanol–water partition coefficient (Wildman–Crippen LogP) is 2.51. The molecule has 1 fully saturated rings. The zero-order valence-corrected chi connectivity index (χ0v) is 13.2. The largest absolute Gasteiger partial charge is 0.457 e. The summed E-state index contributed by atoms with van der Waals surface area (Å²) in [5, 5.41) is 18.8. The van der Waals surface area contributed by atoms with Gasteiger partial charge in [-0.05, 0) is 12.2 Å². The van der Waals surface area contributed by atoms with Gasteiger partial charge in [0.2, 0.25) is 0 Å². The molecule has 0 amide bonds. The maximum Gasteiger partial charge on any atom is 0.338 e. The van der Waals surface area contributed by atoms with E-state index in [1.807, 2.05) is 0 Å². The van der Waals surface area contributed by atoms with Crippen LogP contribution in [0.4, 0.5) is 0 Å². The highest BCUT2D eigenvalue weighted by Crippen LogP contribution is 2.20. The lowest BCUT2D eigenvalue weighted by atomic mass is 10.1. The van der Waals surface area contributed by atoms with Crippen LogP contribution in [0, 0.1) is 0 Å². The molecule has 1 heterocycles. The zero-order valence-electron chi connectivity index (χ0n) is 12.4. The highest BCUT2D eigenvalue weighted by Gasteiger charge is 2.42. The summed E-state index contributed by atoms with van der Waals surface area (Å²) in [5.41, 5.74) is 0. The van der Waals surface area contributed by atoms with Gasteiger partial charge in [-0.2, -0.15) is 11.8 Å². The topological polar surface area (TPSA) is 66.8 Å². The third-order valence-electron chi connectivity index (χ3n) is 3.64. The molecule has 0 spiro atoms. The molecule has 0 unspecified atom stereocenters. The minimum atomic E-state index is -1.36. The number of aliphatic hydroxyl groups is 2. The number of hydrogen-bond acceptors (Lipinski definition) is 5. The van der Waals surface area contributed by atoms with Crippen molar-refractivity contribution < 1.29 is 19.7 Å². The molecule has 1 aliphatic rings. The van der Waals surface area contributed by atoms with Gasteiger partial charge in [0.05, 0.1) is 0 Å². The van der Waals surface area contributed by atoms with Crippen LogP contribution in [0.2, 0.25) is 0 Å². The fourth-order valence-electron chi connectivity index (χ4n) is 2.30. The van der Waals surface area contributed by atoms with Crippen LogP contribution >= 0.6 is 11.8 Å². The second kappa shape index (κ2) is 10.5. The Morgan fingerprint density at radius 1 is 1.05 bits per heavy atom. The number of carbonyl (C=O) groups excluding carboxylic acids is 1. The lowest BCUT2D eigenvalue weighted by Crippen LogP contribution is -2.32. The molecular weight excluding hydrogens is 276 g/mol. The second-order valence-corrected chi connectivity index (χ2v) is 6.61. The summed E-state index contributed by atoms with van der Waals surface area (Å²) in [6.45, 7) is 2.23. The Morgan fingerprint density at radius 3 is 2.20 bits per heavy atom. The van der Waals surface area contributed by atoms with E-state index in [9.17, 15) is 15.0 Å². The standard InChI is InChI=1S/C15H28O4S/c1-2-3-4-5-6-7-8-9-10-20-11-12-13(16)14(17)15(18)19-12/h12-14,16-17H,2-11H2,1H3/t12-,13-,14+/m1/s1. The average molecular weight is 304 g/mol. The molecule has 0 aromatic heterocycles. The molecule has 1 aliphatic heterocycles. The quantitative estimate of drug-likeness (QED) is 0.453. The number of unbranched alkanes of at least 4 members (excludes halogenated alkanes) is 7. The third-order valence-corrected chi connectivity index (χ3v) is 4.78. The van der Waals surface area contributed by atoms with Gasteiger partial charge in [-0.1, -0.05) is 51.9 Å². The Labute approximate surface area is 126 Å². The number of thioether (sulfide) groups is 1. The smallest absolute Gasteiger partial charge is 0.338 e. The van der Waals surface area contributed by atoms with Crippen LogP contribution < -0.4 is 0 Å². The maximum atomic E-state index is 11.0. The van der Waals surface area contributed by atoms with Crippen molar-refractivity contribution in [3.8, 4) is 0 Å². The van der Waals surface area contributed by atoms with Crippen molar-refractivity contribution in [1.29, 1.82) is 0 Å². The number of ether oxygens (including phenoxy) is 1. The van der Waals surface area contributed by atoms with Crippen molar-refractivity contribution in [2.45, 2.75) is 76.6 Å². The number of hydrogen-bond donors (Lipinski definition) is 2. The second-order valence-electron chi connectivity index (χ2n) is 5.46. The zero-order chi connectivity index (χ0) is 14.8. The molecule has 118 valence electrons. The van der Waals surface area contributed by atoms with E-state index in [1.54, 1.807) is 11.8 Å². The Kier molecular flexibility index (Phi) is 9.31. The first-order valence-corrected chi connectivity index (χ1v) is 8.96. The fourth-order valence-corrected chi connectivity index (χ4v) is 3.37. The van der Waals surface area contributed by atoms with E-state index in [0.29, 0.717) is 5.75 Å². The van der Waals surface area contributed by atoms with Crippen LogP contribution in [0.15, 0.2) is 0 Å². The Hall–Kier alpha value is -0.260. The minimum Gasteiger partial charge on any atom is -0.457 e. The summed E-state index contributed by atoms with van der Waals surface area (Å²) < 4.78 is 4.91. The lowest BCUT2D eigenvalue weighted by molar-refractivity contribution is -0.146. The Balaban J connectivity index is 1.89. The van der Waals surface area contributed by atoms with E-state index in [-0.39, 0.29) is 0 Å². The number of rotatable bonds is 11. The summed E-state index contributed by atoms with van der Waals surface area (Å²) in [6, 6.07) is 0. The molecule has 0 aliphatic carbocycles. The highest BCUT2D eigenvalue weighted by atomic mass is 32.2. The van der Waals surface area contributed by atoms with E-state index in [2.05, 4.69) is 6.92 Å². The van der Waals surface area contributed by atoms with Gasteiger partial charge < -0.3 is 14.9 Å². The first kappa shape index (κ1) is 17.8. The van der Waals surface area contributed by atoms with Crippen molar-refractivity contribution in [3.63, 3.8) is 0 Å². The van der Waals surface area contributed by atoms with Gasteiger partial charge in [0.1, 0.15) is 12.2 Å². The molecule has 1 rings (SSSR count). The molecule has 5 heteroatoms. The van der Waals surface area contributed by atoms with Gasteiger partial charge in [0.15, 0.2) is 6.10 Å². The van der Waals surface area contributed by atoms with Gasteiger partial charge in [-0.3, -0.25) is 0 Å². The monoisotopic (exact) mass is 304 g/mol. The van der Waals surface area contributed by atoms with Gasteiger partial charge in [0.25, 0.3) is 0 Å². The molecule has 0 radical (unpaired) electrons. The van der Waals surface area contributed by atoms with Crippen molar-refractivity contribution >= 4 is 17.7 Å². The predicted molar refractivity (Wildman–Crippen MR) is 81.8 cm³/mol. The van der Waals surface area contributed by atoms with E-state index in [4.69, 9.17) is 4.74 Å². The average Bonchev–Trinajstić information content (AvgIpc) is 2.68. The van der Waals surface area contributed by atoms with Crippen molar-refractivity contribution in [3.05, 3.63) is 0 Å². The summed E-state index contributed by atoms with van der Waals surface area (Å²) in [4.78, 5) is 11.0. The fraction of sp³-hybridized carbons (Fsp3) is 0.933. The van der Waals surface area contributed by atoms with Gasteiger partial charge >= 0.3 is 5.97 Å². The highest BCUT2D eigenvalue weighted by molar-refractivity contribution is 7.99. The van der Waals surface area contributed by atoms with E-state index < -0.39 is 24.3 Å². The van der Waals surface area contributed by atoms with E-state index >= 15 is 0 Å². The molecule has 0 aromatic rings. The summed E-state index contributed by atoms with van der Waals surface area (Å²) >= 11 is 1.68. The SMILES string of the molecule is CCCCCCCCCCSC[C@H]1OC(=O)[C@@H](O)[C@@H]1O. The van der Waals surface area contributed by atoms with Crippen LogP contribution in [0.5, 0.6) is 0 Å². The van der Waals surface area contributed by atoms with Gasteiger partial charge in [0, 0.05) is 5.75 Å². The number of cyclic esters (lactones) is 1. The van der Waals surface area contributed by atoms with Crippen molar-refractivity contribution in [2.24, 2.45) is 0 Å². The first-order valence-electron chi connectivity index (χ1n) is 7.81. The molecule has 0 aromatic carbocycles. The Bertz CT molecular complexity index is 273. The number of aliphatic hydroxyl groups excluding tert-OH is 2. The van der Waals surface area contributed by atoms with Crippen LogP contribution in [0.1, 0.15) is 58.3 Å². The third kappa shape index (κ3) is 6.46. The number of carbonyl (C=O) groups is 1. The van der Waals surface area contributed by atoms with Crippen molar-refractivity contribution in [1.82, 2.24) is 0 Å². The molecule has 0 saturated carbocycles. The molecule has 4 nitrogen and oxygen atoms in total. The van der Waals surface area contributed by atoms with Crippen LogP contribution in [0.3, 0.4) is 0 Å². The summed E-state index contributed by atoms with van der Waals surface area (Å²) in [5.74, 6) is 0.891. The first-order chi connectivity index (χ1) is 9.66. The summed E-state index contributed by atoms with van der Waals surface area (Å²) in [6.07, 6.45) is 7.43. The normalized spacial score (nSPS) is 25.9. The van der Waals surface area contributed by atoms with Crippen LogP contribution in [0.25, 0.3) is 0 Å². The molecule has 3 atom stereocenters. The van der Waals surface area contributed by atoms with Gasteiger partial charge in [-0.15, -0.1) is 0 Å². The van der Waals surface area contributed by atoms with Crippen LogP contribution in [-0.4, -0.2) is 46.0 Å². The molecule has 2 N–H and O–H groups in total. The van der Waals surface area contributed by atoms with Crippen molar-refractivity contribution in [2.75, 3.05) is 11.5 Å². The van der Waals surface area contributed by atoms with E-state index in [0.717, 1.165) is 12.2 Å². The van der Waals surface area contributed by atoms with E-state index in [1.165, 1.54) is 44.9 Å². The molecular formula is C15H28O4S.